The van der Waals surface area contributed by atoms with Gasteiger partial charge in [-0.1, -0.05) is 29.8 Å². The molecule has 0 radical (unpaired) electrons. The number of aromatic amines is 1. The minimum atomic E-state index is -0.744. The highest BCUT2D eigenvalue weighted by molar-refractivity contribution is 6.38. The van der Waals surface area contributed by atoms with E-state index in [1.54, 1.807) is 28.0 Å². The Kier molecular flexibility index (Phi) is 6.02. The number of rotatable bonds is 4. The summed E-state index contributed by atoms with van der Waals surface area (Å²) in [5.41, 5.74) is 4.03. The lowest BCUT2D eigenvalue weighted by atomic mass is 9.98. The predicted octanol–water partition coefficient (Wildman–Crippen LogP) is 2.88. The van der Waals surface area contributed by atoms with Crippen molar-refractivity contribution in [3.63, 3.8) is 0 Å². The molecule has 9 nitrogen and oxygen atoms in total. The lowest BCUT2D eigenvalue weighted by molar-refractivity contribution is -0.148. The first-order valence-corrected chi connectivity index (χ1v) is 11.9. The van der Waals surface area contributed by atoms with Gasteiger partial charge in [-0.15, -0.1) is 0 Å². The summed E-state index contributed by atoms with van der Waals surface area (Å²) in [4.78, 5) is 47.1. The van der Waals surface area contributed by atoms with Gasteiger partial charge in [-0.25, -0.2) is 4.98 Å². The molecule has 0 saturated carbocycles. The number of carbonyl (C=O) groups is 3. The van der Waals surface area contributed by atoms with Crippen molar-refractivity contribution in [2.45, 2.75) is 25.8 Å². The van der Waals surface area contributed by atoms with Crippen LogP contribution in [0, 0.1) is 6.92 Å². The third-order valence-corrected chi connectivity index (χ3v) is 6.73. The number of nitrogens with zero attached hydrogens (tertiary/aromatic N) is 4. The highest BCUT2D eigenvalue weighted by Crippen LogP contribution is 2.40. The SMILES string of the molecule is Cc1cc(-c2cc(Cl)nc3c2NCC3C(=O)C(=O)N2CCN(C(=O)c3ccccc3)C[C@H]2C)n[nH]1. The smallest absolute Gasteiger partial charge is 0.291 e. The molecule has 2 atom stereocenters. The molecule has 180 valence electrons. The number of carbonyl (C=O) groups excluding carboxylic acids is 3. The molecule has 5 rings (SSSR count). The number of piperazine rings is 1. The van der Waals surface area contributed by atoms with Crippen LogP contribution in [0.3, 0.4) is 0 Å². The quantitative estimate of drug-likeness (QED) is 0.428. The molecule has 0 aliphatic carbocycles. The maximum Gasteiger partial charge on any atom is 0.291 e. The molecule has 35 heavy (non-hydrogen) atoms. The standard InChI is InChI=1S/C25H25ClN6O3/c1-14-10-19(30-29-14)17-11-20(26)28-22-18(12-27-21(17)22)23(33)25(35)32-9-8-31(13-15(32)2)24(34)16-6-4-3-5-7-16/h3-7,10-11,15,18,27H,8-9,12-13H2,1-2H3,(H,29,30)/t15-,18?/m1/s1. The molecule has 1 unspecified atom stereocenters. The van der Waals surface area contributed by atoms with Gasteiger partial charge in [-0.05, 0) is 38.1 Å². The number of nitrogens with one attached hydrogen (secondary N) is 2. The summed E-state index contributed by atoms with van der Waals surface area (Å²) in [6, 6.07) is 12.3. The van der Waals surface area contributed by atoms with Crippen LogP contribution in [-0.2, 0) is 9.59 Å². The van der Waals surface area contributed by atoms with E-state index in [9.17, 15) is 14.4 Å². The average Bonchev–Trinajstić information content (AvgIpc) is 3.49. The van der Waals surface area contributed by atoms with Crippen LogP contribution in [0.5, 0.6) is 0 Å². The fraction of sp³-hybridized carbons (Fsp3) is 0.320. The molecule has 4 heterocycles. The summed E-state index contributed by atoms with van der Waals surface area (Å²) in [6.07, 6.45) is 0. The third-order valence-electron chi connectivity index (χ3n) is 6.53. The largest absolute Gasteiger partial charge is 0.382 e. The Morgan fingerprint density at radius 3 is 2.57 bits per heavy atom. The van der Waals surface area contributed by atoms with E-state index in [1.165, 1.54) is 0 Å². The number of H-pyrrole nitrogens is 1. The van der Waals surface area contributed by atoms with Crippen molar-refractivity contribution in [2.24, 2.45) is 0 Å². The number of aromatic nitrogens is 3. The fourth-order valence-electron chi connectivity index (χ4n) is 4.74. The van der Waals surface area contributed by atoms with Gasteiger partial charge in [0.1, 0.15) is 5.15 Å². The van der Waals surface area contributed by atoms with Crippen LogP contribution in [0.25, 0.3) is 11.3 Å². The molecule has 1 aromatic carbocycles. The van der Waals surface area contributed by atoms with Gasteiger partial charge in [0, 0.05) is 49.0 Å². The zero-order chi connectivity index (χ0) is 24.7. The van der Waals surface area contributed by atoms with Crippen molar-refractivity contribution in [1.82, 2.24) is 25.0 Å². The van der Waals surface area contributed by atoms with E-state index >= 15 is 0 Å². The molecular formula is C25H25ClN6O3. The van der Waals surface area contributed by atoms with Crippen molar-refractivity contribution in [2.75, 3.05) is 31.5 Å². The number of hydrogen-bond acceptors (Lipinski definition) is 6. The van der Waals surface area contributed by atoms with Crippen LogP contribution in [0.4, 0.5) is 5.69 Å². The second-order valence-corrected chi connectivity index (χ2v) is 9.34. The van der Waals surface area contributed by atoms with Crippen LogP contribution in [0.1, 0.15) is 34.6 Å². The van der Waals surface area contributed by atoms with Gasteiger partial charge in [0.15, 0.2) is 0 Å². The summed E-state index contributed by atoms with van der Waals surface area (Å²) >= 11 is 6.28. The Morgan fingerprint density at radius 1 is 1.11 bits per heavy atom. The van der Waals surface area contributed by atoms with Crippen LogP contribution in [-0.4, -0.2) is 74.8 Å². The van der Waals surface area contributed by atoms with Gasteiger partial charge in [0.2, 0.25) is 5.78 Å². The molecule has 2 N–H and O–H groups in total. The number of aryl methyl sites for hydroxylation is 1. The van der Waals surface area contributed by atoms with Gasteiger partial charge >= 0.3 is 0 Å². The molecule has 1 fully saturated rings. The molecule has 1 saturated heterocycles. The zero-order valence-electron chi connectivity index (χ0n) is 19.4. The number of anilines is 1. The topological polar surface area (TPSA) is 111 Å². The summed E-state index contributed by atoms with van der Waals surface area (Å²) in [5, 5.41) is 10.7. The van der Waals surface area contributed by atoms with Crippen molar-refractivity contribution < 1.29 is 14.4 Å². The molecule has 10 heteroatoms. The van der Waals surface area contributed by atoms with E-state index in [-0.39, 0.29) is 30.2 Å². The van der Waals surface area contributed by atoms with Crippen molar-refractivity contribution in [1.29, 1.82) is 0 Å². The van der Waals surface area contributed by atoms with Gasteiger partial charge < -0.3 is 15.1 Å². The molecule has 2 aromatic heterocycles. The first kappa shape index (κ1) is 23.0. The highest BCUT2D eigenvalue weighted by atomic mass is 35.5. The molecule has 2 amide bonds. The van der Waals surface area contributed by atoms with E-state index in [2.05, 4.69) is 20.5 Å². The molecule has 2 aliphatic rings. The number of pyridine rings is 1. The summed E-state index contributed by atoms with van der Waals surface area (Å²) in [6.45, 7) is 5.01. The highest BCUT2D eigenvalue weighted by Gasteiger charge is 2.40. The van der Waals surface area contributed by atoms with Crippen LogP contribution in [0.2, 0.25) is 5.15 Å². The number of benzene rings is 1. The second-order valence-electron chi connectivity index (χ2n) is 8.95. The van der Waals surface area contributed by atoms with E-state index in [0.717, 1.165) is 11.3 Å². The number of Topliss-reactive ketones (excluding diaryl/α,β-unsaturated/α-hetero) is 1. The Morgan fingerprint density at radius 2 is 1.89 bits per heavy atom. The summed E-state index contributed by atoms with van der Waals surface area (Å²) < 4.78 is 0. The Hall–Kier alpha value is -3.72. The van der Waals surface area contributed by atoms with Crippen LogP contribution >= 0.6 is 11.6 Å². The van der Waals surface area contributed by atoms with Crippen LogP contribution in [0.15, 0.2) is 42.5 Å². The Bertz CT molecular complexity index is 1310. The monoisotopic (exact) mass is 492 g/mol. The molecular weight excluding hydrogens is 468 g/mol. The first-order chi connectivity index (χ1) is 16.8. The summed E-state index contributed by atoms with van der Waals surface area (Å²) in [5.74, 6) is -1.93. The van der Waals surface area contributed by atoms with Crippen molar-refractivity contribution in [3.05, 3.63) is 64.6 Å². The Labute approximate surface area is 207 Å². The van der Waals surface area contributed by atoms with E-state index in [4.69, 9.17) is 11.6 Å². The van der Waals surface area contributed by atoms with Crippen molar-refractivity contribution >= 4 is 34.9 Å². The minimum absolute atomic E-state index is 0.0789. The number of ketones is 1. The maximum absolute atomic E-state index is 13.3. The number of halogens is 1. The van der Waals surface area contributed by atoms with E-state index in [0.29, 0.717) is 35.7 Å². The van der Waals surface area contributed by atoms with E-state index < -0.39 is 17.6 Å². The second kappa shape index (κ2) is 9.14. The van der Waals surface area contributed by atoms with Gasteiger partial charge in [0.25, 0.3) is 11.8 Å². The molecule has 3 aromatic rings. The Balaban J connectivity index is 1.32. The maximum atomic E-state index is 13.3. The molecule has 0 bridgehead atoms. The van der Waals surface area contributed by atoms with E-state index in [1.807, 2.05) is 38.1 Å². The van der Waals surface area contributed by atoms with Crippen molar-refractivity contribution in [3.8, 4) is 11.3 Å². The zero-order valence-corrected chi connectivity index (χ0v) is 20.2. The van der Waals surface area contributed by atoms with Crippen LogP contribution < -0.4 is 5.32 Å². The lowest BCUT2D eigenvalue weighted by Gasteiger charge is -2.39. The number of hydrogen-bond donors (Lipinski definition) is 2. The molecule has 0 spiro atoms. The minimum Gasteiger partial charge on any atom is -0.382 e. The van der Waals surface area contributed by atoms with Gasteiger partial charge in [-0.3, -0.25) is 19.5 Å². The molecule has 2 aliphatic heterocycles. The van der Waals surface area contributed by atoms with Gasteiger partial charge in [0.05, 0.1) is 23.0 Å². The number of amides is 2. The predicted molar refractivity (Wildman–Crippen MR) is 131 cm³/mol. The normalized spacial score (nSPS) is 19.3. The first-order valence-electron chi connectivity index (χ1n) is 11.5. The summed E-state index contributed by atoms with van der Waals surface area (Å²) in [7, 11) is 0. The third kappa shape index (κ3) is 4.27. The lowest BCUT2D eigenvalue weighted by Crippen LogP contribution is -2.57. The number of fused-ring (bicyclic) bond motifs is 1. The fourth-order valence-corrected chi connectivity index (χ4v) is 4.94. The average molecular weight is 493 g/mol. The van der Waals surface area contributed by atoms with Gasteiger partial charge in [-0.2, -0.15) is 5.10 Å².